The van der Waals surface area contributed by atoms with Gasteiger partial charge >= 0.3 is 11.7 Å². The van der Waals surface area contributed by atoms with Crippen LogP contribution in [-0.4, -0.2) is 114 Å². The summed E-state index contributed by atoms with van der Waals surface area (Å²) < 4.78 is 0. The van der Waals surface area contributed by atoms with Gasteiger partial charge in [0.2, 0.25) is 29.5 Å². The molecule has 0 saturated heterocycles. The maximum absolute atomic E-state index is 13.5. The number of H-pyrrole nitrogens is 1. The van der Waals surface area contributed by atoms with Crippen LogP contribution in [0.15, 0.2) is 55.0 Å². The van der Waals surface area contributed by atoms with Gasteiger partial charge in [0.1, 0.15) is 30.2 Å². The van der Waals surface area contributed by atoms with E-state index < -0.39 is 113 Å². The number of thiol groups is 1. The maximum atomic E-state index is 13.5. The third-order valence-corrected chi connectivity index (χ3v) is 8.15. The quantitative estimate of drug-likeness (QED) is 0.0235. The fraction of sp³-hybridized carbons (Fsp3) is 0.312. The smallest absolute Gasteiger partial charge is 0.310 e. The van der Waals surface area contributed by atoms with Crippen LogP contribution in [0.1, 0.15) is 28.0 Å². The van der Waals surface area contributed by atoms with Crippen molar-refractivity contribution in [3.8, 4) is 5.75 Å². The van der Waals surface area contributed by atoms with E-state index in [1.54, 1.807) is 6.07 Å². The molecule has 0 aliphatic rings. The Bertz CT molecular complexity index is 1910. The molecule has 1 aromatic heterocycles. The molecule has 0 bridgehead atoms. The molecule has 0 fully saturated rings. The number of aliphatic hydroxyl groups is 1. The maximum Gasteiger partial charge on any atom is 0.310 e. The van der Waals surface area contributed by atoms with E-state index in [-0.39, 0.29) is 23.2 Å². The van der Waals surface area contributed by atoms with Crippen molar-refractivity contribution in [2.75, 3.05) is 18.1 Å². The van der Waals surface area contributed by atoms with Crippen molar-refractivity contribution in [2.45, 2.75) is 49.5 Å². The summed E-state index contributed by atoms with van der Waals surface area (Å²) in [6.07, 6.45) is 0.968. The molecule has 22 nitrogen and oxygen atoms in total. The number of nitrogens with one attached hydrogen (secondary N) is 6. The number of aromatic hydroxyl groups is 1. The summed E-state index contributed by atoms with van der Waals surface area (Å²) in [5.74, 6) is -8.84. The summed E-state index contributed by atoms with van der Waals surface area (Å²) in [6.45, 7) is -0.886. The molecule has 1 heterocycles. The zero-order chi connectivity index (χ0) is 40.8. The second-order valence-corrected chi connectivity index (χ2v) is 12.2. The zero-order valence-electron chi connectivity index (χ0n) is 28.6. The number of aromatic amines is 1. The number of carbonyl (C=O) groups is 7. The van der Waals surface area contributed by atoms with Gasteiger partial charge in [0.25, 0.3) is 5.91 Å². The van der Waals surface area contributed by atoms with E-state index in [0.717, 1.165) is 12.1 Å². The molecule has 0 aliphatic carbocycles. The molecule has 55 heavy (non-hydrogen) atoms. The minimum atomic E-state index is -1.85. The van der Waals surface area contributed by atoms with Crippen molar-refractivity contribution in [3.05, 3.63) is 81.9 Å². The summed E-state index contributed by atoms with van der Waals surface area (Å²) in [7, 11) is 0. The first kappa shape index (κ1) is 42.7. The van der Waals surface area contributed by atoms with Crippen molar-refractivity contribution in [3.63, 3.8) is 0 Å². The lowest BCUT2D eigenvalue weighted by molar-refractivity contribution is -0.385. The number of aliphatic carboxylic acids is 1. The number of nitro benzene ring substituents is 1. The predicted molar refractivity (Wildman–Crippen MR) is 193 cm³/mol. The van der Waals surface area contributed by atoms with Crippen molar-refractivity contribution in [1.82, 2.24) is 36.6 Å². The van der Waals surface area contributed by atoms with Crippen molar-refractivity contribution >= 4 is 65.4 Å². The highest BCUT2D eigenvalue weighted by molar-refractivity contribution is 7.80. The number of carboxylic acid groups (broad SMARTS) is 1. The molecular formula is C32H38N10O12S. The number of hydrogen-bond acceptors (Lipinski definition) is 14. The number of phenolic OH excluding ortho intramolecular Hbond substituents is 1. The summed E-state index contributed by atoms with van der Waals surface area (Å²) in [6, 6.07) is 1.11. The van der Waals surface area contributed by atoms with E-state index in [9.17, 15) is 59.0 Å². The number of carboxylic acids is 1. The number of nitrogen functional groups attached to an aromatic ring is 1. The average Bonchev–Trinajstić information content (AvgIpc) is 3.65. The molecule has 6 amide bonds. The van der Waals surface area contributed by atoms with Crippen molar-refractivity contribution in [2.24, 2.45) is 5.73 Å². The van der Waals surface area contributed by atoms with Crippen LogP contribution in [0, 0.1) is 10.1 Å². The summed E-state index contributed by atoms with van der Waals surface area (Å²) in [5, 5.41) is 51.7. The zero-order valence-corrected chi connectivity index (χ0v) is 29.5. The summed E-state index contributed by atoms with van der Waals surface area (Å²) in [5.41, 5.74) is 11.1. The Morgan fingerprint density at radius 1 is 0.855 bits per heavy atom. The van der Waals surface area contributed by atoms with E-state index in [4.69, 9.17) is 11.5 Å². The number of hydrogen-bond donors (Lipinski definition) is 12. The molecule has 2 aromatic carbocycles. The molecule has 0 saturated carbocycles. The van der Waals surface area contributed by atoms with Gasteiger partial charge in [-0.2, -0.15) is 12.6 Å². The molecule has 0 spiro atoms. The lowest BCUT2D eigenvalue weighted by atomic mass is 10.0. The van der Waals surface area contributed by atoms with Gasteiger partial charge in [0, 0.05) is 42.2 Å². The molecule has 0 unspecified atom stereocenters. The van der Waals surface area contributed by atoms with Gasteiger partial charge in [0.15, 0.2) is 5.75 Å². The highest BCUT2D eigenvalue weighted by Crippen LogP contribution is 2.26. The number of nitro groups is 1. The second-order valence-electron chi connectivity index (χ2n) is 11.8. The molecule has 0 aliphatic heterocycles. The fourth-order valence-corrected chi connectivity index (χ4v) is 5.18. The lowest BCUT2D eigenvalue weighted by Gasteiger charge is -2.26. The Labute approximate surface area is 316 Å². The van der Waals surface area contributed by atoms with E-state index in [1.165, 1.54) is 36.8 Å². The Balaban J connectivity index is 1.75. The van der Waals surface area contributed by atoms with Crippen molar-refractivity contribution < 1.29 is 53.8 Å². The third kappa shape index (κ3) is 12.4. The first-order valence-corrected chi connectivity index (χ1v) is 16.7. The number of nitrogens with zero attached hydrogens (tertiary/aromatic N) is 2. The van der Waals surface area contributed by atoms with Gasteiger partial charge in [-0.1, -0.05) is 18.2 Å². The number of aliphatic hydroxyl groups excluding tert-OH is 1. The summed E-state index contributed by atoms with van der Waals surface area (Å²) in [4.78, 5) is 107. The number of imidazole rings is 1. The van der Waals surface area contributed by atoms with Crippen LogP contribution in [0.3, 0.4) is 0 Å². The fourth-order valence-electron chi connectivity index (χ4n) is 4.93. The third-order valence-electron chi connectivity index (χ3n) is 7.79. The number of rotatable bonds is 20. The first-order chi connectivity index (χ1) is 26.0. The number of nitrogens with two attached hydrogens (primary N) is 2. The van der Waals surface area contributed by atoms with Crippen LogP contribution in [0.5, 0.6) is 5.75 Å². The Morgan fingerprint density at radius 2 is 1.45 bits per heavy atom. The average molecular weight is 787 g/mol. The highest BCUT2D eigenvalue weighted by atomic mass is 32.1. The molecule has 294 valence electrons. The van der Waals surface area contributed by atoms with Crippen LogP contribution in [0.25, 0.3) is 0 Å². The second kappa shape index (κ2) is 19.9. The van der Waals surface area contributed by atoms with E-state index in [2.05, 4.69) is 49.2 Å². The largest absolute Gasteiger partial charge is 0.502 e. The topological polar surface area (TPSA) is 364 Å². The van der Waals surface area contributed by atoms with Crippen molar-refractivity contribution in [1.29, 1.82) is 0 Å². The van der Waals surface area contributed by atoms with Crippen LogP contribution < -0.4 is 38.1 Å². The van der Waals surface area contributed by atoms with Crippen LogP contribution >= 0.6 is 12.6 Å². The van der Waals surface area contributed by atoms with Crippen LogP contribution in [0.2, 0.25) is 0 Å². The van der Waals surface area contributed by atoms with Gasteiger partial charge in [-0.3, -0.25) is 43.7 Å². The van der Waals surface area contributed by atoms with E-state index in [1.807, 2.05) is 0 Å². The minimum Gasteiger partial charge on any atom is -0.502 e. The summed E-state index contributed by atoms with van der Waals surface area (Å²) >= 11 is 4.08. The van der Waals surface area contributed by atoms with E-state index in [0.29, 0.717) is 5.69 Å². The number of aromatic nitrogens is 2. The standard InChI is InChI=1S/C32H38N10O12S/c33-18-4-2-1-3-17(18)28(48)40-22(12-43)31(51)38-20(9-16-11-35-14-36-16)29(49)41-23(13-55)32(52)39-21(10-26(45)46)30(50)37-19(27(34)47)7-15-5-6-25(44)24(8-15)42(53)54/h1-6,8,11,14,19-23,43-44,55H,7,9-10,12-13,33H2,(H2,34,47)(H,35,36)(H,37,50)(H,38,51)(H,39,52)(H,40,48)(H,41,49)(H,45,46)/t19-,20-,21-,22-,23-/m0/s1. The molecule has 0 radical (unpaired) electrons. The number of benzene rings is 2. The lowest BCUT2D eigenvalue weighted by Crippen LogP contribution is -2.60. The highest BCUT2D eigenvalue weighted by Gasteiger charge is 2.33. The molecule has 3 aromatic rings. The number of phenols is 1. The number of carbonyl (C=O) groups excluding carboxylic acids is 6. The Morgan fingerprint density at radius 3 is 2.04 bits per heavy atom. The Kier molecular flexibility index (Phi) is 15.4. The van der Waals surface area contributed by atoms with Gasteiger partial charge in [-0.15, -0.1) is 0 Å². The first-order valence-electron chi connectivity index (χ1n) is 16.1. The Hall–Kier alpha value is -6.75. The SMILES string of the molecule is NC(=O)[C@H](Cc1ccc(O)c([N+](=O)[O-])c1)NC(=O)[C@H](CC(=O)O)NC(=O)[C@H](CS)NC(=O)[C@H](Cc1cnc[nH]1)NC(=O)[C@H](CO)NC(=O)c1ccccc1N. The predicted octanol–water partition coefficient (Wildman–Crippen LogP) is -2.99. The van der Waals surface area contributed by atoms with Crippen LogP contribution in [-0.2, 0) is 41.6 Å². The van der Waals surface area contributed by atoms with Gasteiger partial charge in [-0.05, 0) is 23.8 Å². The molecular weight excluding hydrogens is 748 g/mol. The minimum absolute atomic E-state index is 0.0202. The molecule has 3 rings (SSSR count). The van der Waals surface area contributed by atoms with Gasteiger partial charge in [-0.25, -0.2) is 4.98 Å². The van der Waals surface area contributed by atoms with Crippen LogP contribution in [0.4, 0.5) is 11.4 Å². The molecule has 5 atom stereocenters. The number of para-hydroxylation sites is 1. The van der Waals surface area contributed by atoms with Gasteiger partial charge < -0.3 is 58.4 Å². The molecule has 13 N–H and O–H groups in total. The monoisotopic (exact) mass is 786 g/mol. The van der Waals surface area contributed by atoms with Gasteiger partial charge in [0.05, 0.1) is 29.8 Å². The normalized spacial score (nSPS) is 13.5. The van der Waals surface area contributed by atoms with E-state index >= 15 is 0 Å². The number of amides is 6. The molecule has 23 heteroatoms. The number of primary amides is 1. The number of anilines is 1.